The second-order valence-electron chi connectivity index (χ2n) is 9.56. The molecule has 0 spiro atoms. The number of hydrogen-bond donors (Lipinski definition) is 3. The van der Waals surface area contributed by atoms with Crippen molar-refractivity contribution in [1.82, 2.24) is 0 Å². The second-order valence-corrected chi connectivity index (χ2v) is 9.56. The minimum atomic E-state index is -0.646. The minimum Gasteiger partial charge on any atom is -0.393 e. The number of carbonyl (C=O) groups excluding carboxylic acids is 2. The van der Waals surface area contributed by atoms with Crippen LogP contribution in [0.3, 0.4) is 0 Å². The molecular formula is C21H30O5. The number of aliphatic hydroxyl groups excluding tert-OH is 3. The number of aliphatic hydroxyl groups is 3. The van der Waals surface area contributed by atoms with E-state index in [9.17, 15) is 24.9 Å². The molecule has 0 heterocycles. The molecule has 3 N–H and O–H groups in total. The Labute approximate surface area is 154 Å². The molecule has 0 aromatic heterocycles. The lowest BCUT2D eigenvalue weighted by atomic mass is 9.45. The average molecular weight is 362 g/mol. The van der Waals surface area contributed by atoms with Gasteiger partial charge in [0.1, 0.15) is 6.61 Å². The molecule has 3 saturated carbocycles. The summed E-state index contributed by atoms with van der Waals surface area (Å²) in [4.78, 5) is 24.2. The maximum Gasteiger partial charge on any atom is 0.161 e. The maximum absolute atomic E-state index is 12.3. The fraction of sp³-hybridized carbons (Fsp3) is 0.810. The summed E-state index contributed by atoms with van der Waals surface area (Å²) in [5.74, 6) is 0.175. The summed E-state index contributed by atoms with van der Waals surface area (Å²) >= 11 is 0. The molecule has 4 aliphatic rings. The van der Waals surface area contributed by atoms with Gasteiger partial charge in [0.2, 0.25) is 0 Å². The van der Waals surface area contributed by atoms with Crippen LogP contribution in [-0.4, -0.2) is 45.7 Å². The van der Waals surface area contributed by atoms with Gasteiger partial charge in [-0.3, -0.25) is 9.59 Å². The van der Waals surface area contributed by atoms with E-state index in [-0.39, 0.29) is 46.1 Å². The number of carbonyl (C=O) groups is 2. The molecule has 0 aromatic rings. The molecule has 26 heavy (non-hydrogen) atoms. The van der Waals surface area contributed by atoms with Crippen LogP contribution >= 0.6 is 0 Å². The van der Waals surface area contributed by atoms with Crippen molar-refractivity contribution in [3.05, 3.63) is 11.6 Å². The quantitative estimate of drug-likeness (QED) is 0.694. The van der Waals surface area contributed by atoms with Crippen molar-refractivity contribution in [1.29, 1.82) is 0 Å². The first-order valence-corrected chi connectivity index (χ1v) is 9.97. The van der Waals surface area contributed by atoms with Gasteiger partial charge < -0.3 is 15.3 Å². The van der Waals surface area contributed by atoms with Crippen LogP contribution in [0.5, 0.6) is 0 Å². The molecule has 0 radical (unpaired) electrons. The fourth-order valence-corrected chi connectivity index (χ4v) is 7.38. The Morgan fingerprint density at radius 1 is 1.27 bits per heavy atom. The molecule has 8 atom stereocenters. The minimum absolute atomic E-state index is 0.0197. The maximum atomic E-state index is 12.3. The van der Waals surface area contributed by atoms with Crippen LogP contribution in [0.15, 0.2) is 11.6 Å². The summed E-state index contributed by atoms with van der Waals surface area (Å²) < 4.78 is 0. The van der Waals surface area contributed by atoms with E-state index >= 15 is 0 Å². The van der Waals surface area contributed by atoms with Crippen LogP contribution in [0.1, 0.15) is 52.4 Å². The molecule has 0 amide bonds. The lowest BCUT2D eigenvalue weighted by molar-refractivity contribution is -0.154. The average Bonchev–Trinajstić information content (AvgIpc) is 2.92. The zero-order valence-corrected chi connectivity index (χ0v) is 15.6. The van der Waals surface area contributed by atoms with Gasteiger partial charge >= 0.3 is 0 Å². The molecule has 4 rings (SSSR count). The third kappa shape index (κ3) is 2.33. The third-order valence-corrected chi connectivity index (χ3v) is 8.45. The van der Waals surface area contributed by atoms with Crippen LogP contribution < -0.4 is 0 Å². The molecular weight excluding hydrogens is 332 g/mol. The Morgan fingerprint density at radius 2 is 2.00 bits per heavy atom. The molecule has 4 aliphatic carbocycles. The highest BCUT2D eigenvalue weighted by Crippen LogP contribution is 2.66. The summed E-state index contributed by atoms with van der Waals surface area (Å²) in [6.07, 6.45) is 4.34. The van der Waals surface area contributed by atoms with Gasteiger partial charge in [0.25, 0.3) is 0 Å². The number of Topliss-reactive ketones (excluding diaryl/α,β-unsaturated/α-hetero) is 1. The van der Waals surface area contributed by atoms with Gasteiger partial charge in [-0.25, -0.2) is 0 Å². The summed E-state index contributed by atoms with van der Waals surface area (Å²) in [7, 11) is 0. The van der Waals surface area contributed by atoms with Crippen LogP contribution in [0.4, 0.5) is 0 Å². The SMILES string of the molecule is C[C@]12CCC(=O)C=C1[C@H](O)C[C@@H]1C2[C@@H](O)C[C@@]2(C)C1CC[C@@H]2C(=O)CO. The summed E-state index contributed by atoms with van der Waals surface area (Å²) in [5.41, 5.74) is 0.136. The van der Waals surface area contributed by atoms with Crippen LogP contribution in [-0.2, 0) is 9.59 Å². The van der Waals surface area contributed by atoms with Gasteiger partial charge in [-0.1, -0.05) is 13.8 Å². The second kappa shape index (κ2) is 5.98. The highest BCUT2D eigenvalue weighted by molar-refractivity contribution is 5.92. The van der Waals surface area contributed by atoms with Gasteiger partial charge in [-0.2, -0.15) is 0 Å². The largest absolute Gasteiger partial charge is 0.393 e. The Kier molecular flexibility index (Phi) is 4.22. The Balaban J connectivity index is 1.74. The van der Waals surface area contributed by atoms with Gasteiger partial charge in [-0.05, 0) is 72.3 Å². The number of rotatable bonds is 2. The molecule has 0 aliphatic heterocycles. The number of hydrogen-bond acceptors (Lipinski definition) is 5. The van der Waals surface area contributed by atoms with E-state index in [2.05, 4.69) is 13.8 Å². The Bertz CT molecular complexity index is 669. The summed E-state index contributed by atoms with van der Waals surface area (Å²) in [6, 6.07) is 0. The van der Waals surface area contributed by atoms with E-state index in [0.29, 0.717) is 25.7 Å². The standard InChI is InChI=1S/C21H30O5/c1-20-6-5-11(23)7-15(20)16(24)8-12-13-3-4-14(18(26)10-22)21(13,2)9-17(25)19(12)20/h7,12-14,16-17,19,22,24-25H,3-6,8-10H2,1-2H3/t12-,13?,14+,16+,17-,19?,20-,21-/m0/s1. The van der Waals surface area contributed by atoms with Crippen LogP contribution in [0, 0.1) is 34.5 Å². The van der Waals surface area contributed by atoms with Crippen molar-refractivity contribution >= 4 is 11.6 Å². The zero-order chi connectivity index (χ0) is 18.9. The smallest absolute Gasteiger partial charge is 0.161 e. The van der Waals surface area contributed by atoms with E-state index in [1.807, 2.05) is 0 Å². The molecule has 0 bridgehead atoms. The number of fused-ring (bicyclic) bond motifs is 5. The van der Waals surface area contributed by atoms with Gasteiger partial charge in [0, 0.05) is 12.3 Å². The highest BCUT2D eigenvalue weighted by Gasteiger charge is 2.64. The van der Waals surface area contributed by atoms with Crippen LogP contribution in [0.25, 0.3) is 0 Å². The van der Waals surface area contributed by atoms with E-state index < -0.39 is 18.8 Å². The first-order chi connectivity index (χ1) is 12.2. The van der Waals surface area contributed by atoms with Gasteiger partial charge in [-0.15, -0.1) is 0 Å². The molecule has 5 heteroatoms. The van der Waals surface area contributed by atoms with Crippen molar-refractivity contribution in [3.8, 4) is 0 Å². The predicted octanol–water partition coefficient (Wildman–Crippen LogP) is 1.64. The van der Waals surface area contributed by atoms with Gasteiger partial charge in [0.05, 0.1) is 12.2 Å². The Morgan fingerprint density at radius 3 is 2.69 bits per heavy atom. The zero-order valence-electron chi connectivity index (χ0n) is 15.6. The van der Waals surface area contributed by atoms with Crippen molar-refractivity contribution in [2.24, 2.45) is 34.5 Å². The number of ketones is 2. The molecule has 144 valence electrons. The lowest BCUT2D eigenvalue weighted by Gasteiger charge is -2.60. The molecule has 0 aromatic carbocycles. The topological polar surface area (TPSA) is 94.8 Å². The summed E-state index contributed by atoms with van der Waals surface area (Å²) in [6.45, 7) is 3.75. The fourth-order valence-electron chi connectivity index (χ4n) is 7.38. The Hall–Kier alpha value is -1.04. The van der Waals surface area contributed by atoms with Crippen molar-refractivity contribution in [2.45, 2.75) is 64.6 Å². The van der Waals surface area contributed by atoms with E-state index in [4.69, 9.17) is 0 Å². The molecule has 2 unspecified atom stereocenters. The first kappa shape index (κ1) is 18.3. The van der Waals surface area contributed by atoms with Gasteiger partial charge in [0.15, 0.2) is 11.6 Å². The molecule has 5 nitrogen and oxygen atoms in total. The normalized spacial score (nSPS) is 50.5. The summed E-state index contributed by atoms with van der Waals surface area (Å²) in [5, 5.41) is 31.4. The predicted molar refractivity (Wildman–Crippen MR) is 95.1 cm³/mol. The van der Waals surface area contributed by atoms with E-state index in [0.717, 1.165) is 18.4 Å². The third-order valence-electron chi connectivity index (χ3n) is 8.45. The van der Waals surface area contributed by atoms with E-state index in [1.165, 1.54) is 0 Å². The highest BCUT2D eigenvalue weighted by atomic mass is 16.3. The van der Waals surface area contributed by atoms with Crippen LogP contribution in [0.2, 0.25) is 0 Å². The lowest BCUT2D eigenvalue weighted by Crippen LogP contribution is -2.59. The monoisotopic (exact) mass is 362 g/mol. The van der Waals surface area contributed by atoms with Crippen molar-refractivity contribution in [3.63, 3.8) is 0 Å². The molecule has 3 fully saturated rings. The first-order valence-electron chi connectivity index (χ1n) is 9.97. The van der Waals surface area contributed by atoms with Crippen molar-refractivity contribution < 1.29 is 24.9 Å². The molecule has 0 saturated heterocycles. The van der Waals surface area contributed by atoms with Crippen molar-refractivity contribution in [2.75, 3.05) is 6.61 Å². The van der Waals surface area contributed by atoms with E-state index in [1.54, 1.807) is 6.08 Å².